The maximum Gasteiger partial charge on any atom is 0.152 e. The molecule has 3 nitrogen and oxygen atoms in total. The molecule has 0 unspecified atom stereocenters. The fourth-order valence-corrected chi connectivity index (χ4v) is 2.48. The standard InChI is InChI=1S/C13H7N3S/c14-7-10-8-17-13(16-10)12-11-4-2-1-3-9(11)5-6-15-12/h1-6,8H. The smallest absolute Gasteiger partial charge is 0.152 e. The van der Waals surface area contributed by atoms with Gasteiger partial charge in [0.15, 0.2) is 5.69 Å². The average molecular weight is 237 g/mol. The van der Waals surface area contributed by atoms with E-state index in [0.29, 0.717) is 5.69 Å². The number of aromatic nitrogens is 2. The molecule has 0 amide bonds. The van der Waals surface area contributed by atoms with Crippen molar-refractivity contribution in [2.45, 2.75) is 0 Å². The van der Waals surface area contributed by atoms with E-state index in [1.165, 1.54) is 11.3 Å². The highest BCUT2D eigenvalue weighted by molar-refractivity contribution is 7.13. The monoisotopic (exact) mass is 237 g/mol. The van der Waals surface area contributed by atoms with Crippen molar-refractivity contribution in [1.82, 2.24) is 9.97 Å². The highest BCUT2D eigenvalue weighted by atomic mass is 32.1. The molecule has 0 fully saturated rings. The Morgan fingerprint density at radius 3 is 2.88 bits per heavy atom. The normalized spacial score (nSPS) is 10.3. The molecule has 0 atom stereocenters. The number of nitriles is 1. The fourth-order valence-electron chi connectivity index (χ4n) is 1.72. The van der Waals surface area contributed by atoms with Gasteiger partial charge in [-0.1, -0.05) is 24.3 Å². The van der Waals surface area contributed by atoms with E-state index < -0.39 is 0 Å². The largest absolute Gasteiger partial charge is 0.253 e. The van der Waals surface area contributed by atoms with Crippen LogP contribution >= 0.6 is 11.3 Å². The molecule has 0 aliphatic heterocycles. The molecule has 1 aromatic carbocycles. The van der Waals surface area contributed by atoms with Gasteiger partial charge in [0.2, 0.25) is 0 Å². The summed E-state index contributed by atoms with van der Waals surface area (Å²) >= 11 is 1.45. The first-order valence-corrected chi connectivity index (χ1v) is 5.96. The Hall–Kier alpha value is -2.25. The van der Waals surface area contributed by atoms with Gasteiger partial charge < -0.3 is 0 Å². The van der Waals surface area contributed by atoms with E-state index in [2.05, 4.69) is 9.97 Å². The zero-order valence-corrected chi connectivity index (χ0v) is 9.61. The van der Waals surface area contributed by atoms with E-state index in [0.717, 1.165) is 21.5 Å². The number of pyridine rings is 1. The van der Waals surface area contributed by atoms with Gasteiger partial charge >= 0.3 is 0 Å². The predicted octanol–water partition coefficient (Wildman–Crippen LogP) is 3.23. The number of nitrogens with zero attached hydrogens (tertiary/aromatic N) is 3. The molecule has 0 aliphatic carbocycles. The first-order chi connectivity index (χ1) is 8.38. The first kappa shape index (κ1) is 9.94. The summed E-state index contributed by atoms with van der Waals surface area (Å²) in [6, 6.07) is 12.0. The van der Waals surface area contributed by atoms with Gasteiger partial charge in [0.25, 0.3) is 0 Å². The molecule has 2 aromatic heterocycles. The highest BCUT2D eigenvalue weighted by Crippen LogP contribution is 2.28. The average Bonchev–Trinajstić information content (AvgIpc) is 2.87. The van der Waals surface area contributed by atoms with Crippen LogP contribution in [0.2, 0.25) is 0 Å². The number of rotatable bonds is 1. The number of hydrogen-bond acceptors (Lipinski definition) is 4. The molecule has 2 heterocycles. The summed E-state index contributed by atoms with van der Waals surface area (Å²) in [7, 11) is 0. The Labute approximate surface area is 102 Å². The summed E-state index contributed by atoms with van der Waals surface area (Å²) < 4.78 is 0. The van der Waals surface area contributed by atoms with Crippen molar-refractivity contribution in [3.05, 3.63) is 47.6 Å². The molecule has 0 aliphatic rings. The lowest BCUT2D eigenvalue weighted by atomic mass is 10.1. The van der Waals surface area contributed by atoms with Crippen LogP contribution in [0, 0.1) is 11.3 Å². The van der Waals surface area contributed by atoms with Gasteiger partial charge in [0.1, 0.15) is 16.8 Å². The summed E-state index contributed by atoms with van der Waals surface area (Å²) in [6.07, 6.45) is 1.77. The lowest BCUT2D eigenvalue weighted by Crippen LogP contribution is -1.85. The van der Waals surface area contributed by atoms with E-state index in [-0.39, 0.29) is 0 Å². The number of thiazole rings is 1. The Kier molecular flexibility index (Phi) is 2.32. The van der Waals surface area contributed by atoms with Crippen molar-refractivity contribution in [1.29, 1.82) is 5.26 Å². The summed E-state index contributed by atoms with van der Waals surface area (Å²) in [5, 5.41) is 13.5. The Morgan fingerprint density at radius 2 is 2.06 bits per heavy atom. The second-order valence-electron chi connectivity index (χ2n) is 3.53. The van der Waals surface area contributed by atoms with E-state index >= 15 is 0 Å². The quantitative estimate of drug-likeness (QED) is 0.652. The third kappa shape index (κ3) is 1.67. The topological polar surface area (TPSA) is 49.6 Å². The predicted molar refractivity (Wildman–Crippen MR) is 67.6 cm³/mol. The molecule has 0 bridgehead atoms. The van der Waals surface area contributed by atoms with Gasteiger partial charge in [-0.05, 0) is 11.5 Å². The van der Waals surface area contributed by atoms with Crippen molar-refractivity contribution in [2.24, 2.45) is 0 Å². The van der Waals surface area contributed by atoms with E-state index in [1.807, 2.05) is 36.4 Å². The molecule has 17 heavy (non-hydrogen) atoms. The molecule has 0 radical (unpaired) electrons. The molecule has 80 valence electrons. The summed E-state index contributed by atoms with van der Waals surface area (Å²) in [5.74, 6) is 0. The van der Waals surface area contributed by atoms with Crippen LogP contribution in [0.4, 0.5) is 0 Å². The molecule has 0 saturated carbocycles. The Balaban J connectivity index is 2.27. The maximum atomic E-state index is 8.78. The number of fused-ring (bicyclic) bond motifs is 1. The van der Waals surface area contributed by atoms with Gasteiger partial charge in [-0.3, -0.25) is 4.98 Å². The third-order valence-electron chi connectivity index (χ3n) is 2.49. The van der Waals surface area contributed by atoms with Crippen molar-refractivity contribution in [3.8, 4) is 16.8 Å². The fraction of sp³-hybridized carbons (Fsp3) is 0. The summed E-state index contributed by atoms with van der Waals surface area (Å²) in [6.45, 7) is 0. The summed E-state index contributed by atoms with van der Waals surface area (Å²) in [4.78, 5) is 8.61. The van der Waals surface area contributed by atoms with Gasteiger partial charge in [-0.25, -0.2) is 4.98 Å². The van der Waals surface area contributed by atoms with Crippen LogP contribution in [0.25, 0.3) is 21.5 Å². The Morgan fingerprint density at radius 1 is 1.18 bits per heavy atom. The van der Waals surface area contributed by atoms with E-state index in [9.17, 15) is 0 Å². The molecule has 3 rings (SSSR count). The molecule has 0 saturated heterocycles. The molecular formula is C13H7N3S. The minimum atomic E-state index is 0.444. The molecule has 4 heteroatoms. The van der Waals surface area contributed by atoms with Crippen LogP contribution in [0.1, 0.15) is 5.69 Å². The van der Waals surface area contributed by atoms with Gasteiger partial charge in [-0.2, -0.15) is 5.26 Å². The van der Waals surface area contributed by atoms with E-state index in [1.54, 1.807) is 11.6 Å². The zero-order chi connectivity index (χ0) is 11.7. The van der Waals surface area contributed by atoms with Gasteiger partial charge in [0.05, 0.1) is 0 Å². The first-order valence-electron chi connectivity index (χ1n) is 5.08. The van der Waals surface area contributed by atoms with Gasteiger partial charge in [-0.15, -0.1) is 11.3 Å². The SMILES string of the molecule is N#Cc1csc(-c2nccc3ccccc23)n1. The highest BCUT2D eigenvalue weighted by Gasteiger charge is 2.09. The lowest BCUT2D eigenvalue weighted by molar-refractivity contribution is 1.29. The van der Waals surface area contributed by atoms with Crippen molar-refractivity contribution >= 4 is 22.1 Å². The molecular weight excluding hydrogens is 230 g/mol. The minimum Gasteiger partial charge on any atom is -0.253 e. The Bertz CT molecular complexity index is 719. The van der Waals surface area contributed by atoms with Crippen LogP contribution in [0.15, 0.2) is 41.9 Å². The summed E-state index contributed by atoms with van der Waals surface area (Å²) in [5.41, 5.74) is 1.29. The van der Waals surface area contributed by atoms with Crippen LogP contribution in [0.5, 0.6) is 0 Å². The van der Waals surface area contributed by atoms with Gasteiger partial charge in [0, 0.05) is 17.0 Å². The lowest BCUT2D eigenvalue weighted by Gasteiger charge is -2.01. The van der Waals surface area contributed by atoms with Crippen LogP contribution in [-0.2, 0) is 0 Å². The maximum absolute atomic E-state index is 8.78. The van der Waals surface area contributed by atoms with Crippen LogP contribution in [0.3, 0.4) is 0 Å². The molecule has 0 spiro atoms. The van der Waals surface area contributed by atoms with Crippen molar-refractivity contribution in [2.75, 3.05) is 0 Å². The molecule has 3 aromatic rings. The molecule has 0 N–H and O–H groups in total. The van der Waals surface area contributed by atoms with Crippen molar-refractivity contribution < 1.29 is 0 Å². The second kappa shape index (κ2) is 3.96. The second-order valence-corrected chi connectivity index (χ2v) is 4.39. The third-order valence-corrected chi connectivity index (χ3v) is 3.34. The number of benzene rings is 1. The van der Waals surface area contributed by atoms with Crippen molar-refractivity contribution in [3.63, 3.8) is 0 Å². The van der Waals surface area contributed by atoms with Crippen LogP contribution < -0.4 is 0 Å². The van der Waals surface area contributed by atoms with Crippen LogP contribution in [-0.4, -0.2) is 9.97 Å². The minimum absolute atomic E-state index is 0.444. The van der Waals surface area contributed by atoms with E-state index in [4.69, 9.17) is 5.26 Å². The zero-order valence-electron chi connectivity index (χ0n) is 8.79. The number of hydrogen-bond donors (Lipinski definition) is 0.